The van der Waals surface area contributed by atoms with Crippen LogP contribution in [-0.4, -0.2) is 18.5 Å². The van der Waals surface area contributed by atoms with Gasteiger partial charge in [-0.3, -0.25) is 4.79 Å². The molecular formula is C17H21N3OS. The highest BCUT2D eigenvalue weighted by Crippen LogP contribution is 2.33. The SMILES string of the molecule is C[C@@H]1CCCCN1c1ccc(N)cc1NC(=O)c1cccs1. The van der Waals surface area contributed by atoms with E-state index in [9.17, 15) is 4.79 Å². The molecule has 116 valence electrons. The Kier molecular flexibility index (Phi) is 4.34. The van der Waals surface area contributed by atoms with Gasteiger partial charge in [-0.05, 0) is 55.8 Å². The quantitative estimate of drug-likeness (QED) is 0.843. The van der Waals surface area contributed by atoms with Crippen molar-refractivity contribution in [1.82, 2.24) is 0 Å². The number of nitrogen functional groups attached to an aromatic ring is 1. The number of nitrogens with one attached hydrogen (secondary N) is 1. The second-order valence-corrected chi connectivity index (χ2v) is 6.69. The molecule has 0 aliphatic carbocycles. The molecule has 3 N–H and O–H groups in total. The van der Waals surface area contributed by atoms with Gasteiger partial charge in [0.2, 0.25) is 0 Å². The van der Waals surface area contributed by atoms with Crippen molar-refractivity contribution in [3.63, 3.8) is 0 Å². The number of rotatable bonds is 3. The van der Waals surface area contributed by atoms with Gasteiger partial charge in [-0.1, -0.05) is 6.07 Å². The highest BCUT2D eigenvalue weighted by Gasteiger charge is 2.22. The average molecular weight is 315 g/mol. The van der Waals surface area contributed by atoms with E-state index in [1.807, 2.05) is 35.7 Å². The molecule has 1 amide bonds. The molecule has 3 rings (SSSR count). The van der Waals surface area contributed by atoms with Gasteiger partial charge in [-0.15, -0.1) is 11.3 Å². The van der Waals surface area contributed by atoms with Crippen LogP contribution in [0, 0.1) is 0 Å². The van der Waals surface area contributed by atoms with Gasteiger partial charge in [0.15, 0.2) is 0 Å². The third-order valence-electron chi connectivity index (χ3n) is 4.13. The van der Waals surface area contributed by atoms with Crippen molar-refractivity contribution >= 4 is 34.3 Å². The van der Waals surface area contributed by atoms with Gasteiger partial charge in [-0.25, -0.2) is 0 Å². The number of carbonyl (C=O) groups excluding carboxylic acids is 1. The Balaban J connectivity index is 1.89. The predicted molar refractivity (Wildman–Crippen MR) is 93.8 cm³/mol. The number of thiophene rings is 1. The first-order valence-corrected chi connectivity index (χ1v) is 8.54. The number of amides is 1. The minimum absolute atomic E-state index is 0.0773. The van der Waals surface area contributed by atoms with Crippen molar-refractivity contribution in [2.45, 2.75) is 32.2 Å². The highest BCUT2D eigenvalue weighted by atomic mass is 32.1. The smallest absolute Gasteiger partial charge is 0.265 e. The van der Waals surface area contributed by atoms with Crippen molar-refractivity contribution in [2.24, 2.45) is 0 Å². The number of anilines is 3. The number of hydrogen-bond donors (Lipinski definition) is 2. The van der Waals surface area contributed by atoms with E-state index in [1.165, 1.54) is 30.6 Å². The summed E-state index contributed by atoms with van der Waals surface area (Å²) in [5, 5.41) is 4.93. The Morgan fingerprint density at radius 2 is 2.23 bits per heavy atom. The second kappa shape index (κ2) is 6.40. The lowest BCUT2D eigenvalue weighted by Crippen LogP contribution is -2.38. The van der Waals surface area contributed by atoms with Crippen LogP contribution >= 0.6 is 11.3 Å². The molecular weight excluding hydrogens is 294 g/mol. The topological polar surface area (TPSA) is 58.4 Å². The summed E-state index contributed by atoms with van der Waals surface area (Å²) in [4.78, 5) is 15.4. The summed E-state index contributed by atoms with van der Waals surface area (Å²) < 4.78 is 0. The molecule has 4 nitrogen and oxygen atoms in total. The Labute approximate surface area is 134 Å². The van der Waals surface area contributed by atoms with Crippen LogP contribution in [0.3, 0.4) is 0 Å². The van der Waals surface area contributed by atoms with Crippen molar-refractivity contribution in [3.05, 3.63) is 40.6 Å². The standard InChI is InChI=1S/C17H21N3OS/c1-12-5-2-3-9-20(12)15-8-7-13(18)11-14(15)19-17(21)16-6-4-10-22-16/h4,6-8,10-12H,2-3,5,9,18H2,1H3,(H,19,21)/t12-/m1/s1. The maximum absolute atomic E-state index is 12.3. The van der Waals surface area contributed by atoms with E-state index in [-0.39, 0.29) is 5.91 Å². The normalized spacial score (nSPS) is 18.2. The Bertz CT molecular complexity index is 654. The van der Waals surface area contributed by atoms with E-state index in [4.69, 9.17) is 5.73 Å². The molecule has 1 saturated heterocycles. The summed E-state index contributed by atoms with van der Waals surface area (Å²) in [7, 11) is 0. The zero-order valence-corrected chi connectivity index (χ0v) is 13.5. The average Bonchev–Trinajstić information content (AvgIpc) is 3.03. The first-order valence-electron chi connectivity index (χ1n) is 7.66. The summed E-state index contributed by atoms with van der Waals surface area (Å²) in [5.41, 5.74) is 8.44. The molecule has 0 radical (unpaired) electrons. The largest absolute Gasteiger partial charge is 0.399 e. The predicted octanol–water partition coefficient (Wildman–Crippen LogP) is 3.96. The number of nitrogens with zero attached hydrogens (tertiary/aromatic N) is 1. The van der Waals surface area contributed by atoms with Crippen LogP contribution in [0.15, 0.2) is 35.7 Å². The van der Waals surface area contributed by atoms with Crippen LogP contribution in [0.4, 0.5) is 17.1 Å². The summed E-state index contributed by atoms with van der Waals surface area (Å²) in [6, 6.07) is 9.96. The Morgan fingerprint density at radius 1 is 1.36 bits per heavy atom. The fourth-order valence-electron chi connectivity index (χ4n) is 2.95. The van der Waals surface area contributed by atoms with Crippen LogP contribution in [0.25, 0.3) is 0 Å². The molecule has 1 atom stereocenters. The molecule has 5 heteroatoms. The van der Waals surface area contributed by atoms with E-state index in [0.717, 1.165) is 17.9 Å². The molecule has 0 saturated carbocycles. The molecule has 0 bridgehead atoms. The molecule has 1 aromatic heterocycles. The van der Waals surface area contributed by atoms with Crippen LogP contribution in [0.1, 0.15) is 35.9 Å². The molecule has 2 aromatic rings. The number of nitrogens with two attached hydrogens (primary N) is 1. The van der Waals surface area contributed by atoms with Crippen LogP contribution in [0.5, 0.6) is 0 Å². The minimum atomic E-state index is -0.0773. The zero-order valence-electron chi connectivity index (χ0n) is 12.7. The van der Waals surface area contributed by atoms with Gasteiger partial charge >= 0.3 is 0 Å². The first kappa shape index (κ1) is 14.9. The van der Waals surface area contributed by atoms with Gasteiger partial charge in [-0.2, -0.15) is 0 Å². The van der Waals surface area contributed by atoms with E-state index in [1.54, 1.807) is 0 Å². The number of piperidine rings is 1. The van der Waals surface area contributed by atoms with E-state index in [2.05, 4.69) is 17.1 Å². The summed E-state index contributed by atoms with van der Waals surface area (Å²) in [6.45, 7) is 3.26. The fourth-order valence-corrected chi connectivity index (χ4v) is 3.57. The second-order valence-electron chi connectivity index (χ2n) is 5.75. The van der Waals surface area contributed by atoms with Crippen molar-refractivity contribution in [3.8, 4) is 0 Å². The monoisotopic (exact) mass is 315 g/mol. The van der Waals surface area contributed by atoms with Crippen molar-refractivity contribution in [1.29, 1.82) is 0 Å². The summed E-state index contributed by atoms with van der Waals surface area (Å²) >= 11 is 1.44. The van der Waals surface area contributed by atoms with Gasteiger partial charge < -0.3 is 16.0 Å². The maximum atomic E-state index is 12.3. The third-order valence-corrected chi connectivity index (χ3v) is 4.99. The van der Waals surface area contributed by atoms with Gasteiger partial charge in [0.05, 0.1) is 16.3 Å². The maximum Gasteiger partial charge on any atom is 0.265 e. The number of carbonyl (C=O) groups is 1. The molecule has 1 aliphatic rings. The van der Waals surface area contributed by atoms with E-state index >= 15 is 0 Å². The van der Waals surface area contributed by atoms with Crippen LogP contribution < -0.4 is 16.0 Å². The zero-order chi connectivity index (χ0) is 15.5. The number of benzene rings is 1. The lowest BCUT2D eigenvalue weighted by atomic mass is 10.0. The molecule has 1 fully saturated rings. The van der Waals surface area contributed by atoms with Gasteiger partial charge in [0, 0.05) is 18.3 Å². The molecule has 1 aliphatic heterocycles. The minimum Gasteiger partial charge on any atom is -0.399 e. The number of hydrogen-bond acceptors (Lipinski definition) is 4. The third kappa shape index (κ3) is 3.09. The molecule has 22 heavy (non-hydrogen) atoms. The van der Waals surface area contributed by atoms with E-state index in [0.29, 0.717) is 16.6 Å². The van der Waals surface area contributed by atoms with Crippen molar-refractivity contribution < 1.29 is 4.79 Å². The molecule has 0 spiro atoms. The molecule has 0 unspecified atom stereocenters. The Hall–Kier alpha value is -2.01. The fraction of sp³-hybridized carbons (Fsp3) is 0.353. The van der Waals surface area contributed by atoms with Crippen molar-refractivity contribution in [2.75, 3.05) is 22.5 Å². The highest BCUT2D eigenvalue weighted by molar-refractivity contribution is 7.12. The summed E-state index contributed by atoms with van der Waals surface area (Å²) in [5.74, 6) is -0.0773. The lowest BCUT2D eigenvalue weighted by molar-refractivity contribution is 0.103. The lowest BCUT2D eigenvalue weighted by Gasteiger charge is -2.36. The summed E-state index contributed by atoms with van der Waals surface area (Å²) in [6.07, 6.45) is 3.64. The van der Waals surface area contributed by atoms with Gasteiger partial charge in [0.25, 0.3) is 5.91 Å². The van der Waals surface area contributed by atoms with Crippen LogP contribution in [-0.2, 0) is 0 Å². The molecule has 1 aromatic carbocycles. The van der Waals surface area contributed by atoms with E-state index < -0.39 is 0 Å². The van der Waals surface area contributed by atoms with Gasteiger partial charge in [0.1, 0.15) is 0 Å². The first-order chi connectivity index (χ1) is 10.6. The van der Waals surface area contributed by atoms with Crippen LogP contribution in [0.2, 0.25) is 0 Å². The molecule has 2 heterocycles. The Morgan fingerprint density at radius 3 is 2.95 bits per heavy atom.